The van der Waals surface area contributed by atoms with Crippen molar-refractivity contribution >= 4 is 5.91 Å². The first-order chi connectivity index (χ1) is 8.00. The first-order valence-corrected chi connectivity index (χ1v) is 7.02. The van der Waals surface area contributed by atoms with Crippen LogP contribution in [-0.2, 0) is 4.79 Å². The Balaban J connectivity index is 2.54. The van der Waals surface area contributed by atoms with Crippen LogP contribution < -0.4 is 10.6 Å². The summed E-state index contributed by atoms with van der Waals surface area (Å²) in [6, 6.07) is 0.292. The van der Waals surface area contributed by atoms with Crippen LogP contribution in [0.1, 0.15) is 53.4 Å². The van der Waals surface area contributed by atoms with Gasteiger partial charge in [0.25, 0.3) is 0 Å². The fourth-order valence-electron chi connectivity index (χ4n) is 2.79. The van der Waals surface area contributed by atoms with Gasteiger partial charge < -0.3 is 10.6 Å². The van der Waals surface area contributed by atoms with Gasteiger partial charge in [-0.2, -0.15) is 0 Å². The maximum absolute atomic E-state index is 12.4. The van der Waals surface area contributed by atoms with Crippen molar-refractivity contribution in [3.63, 3.8) is 0 Å². The fraction of sp³-hybridized carbons (Fsp3) is 0.929. The third-order valence-corrected chi connectivity index (χ3v) is 3.92. The van der Waals surface area contributed by atoms with E-state index in [0.717, 1.165) is 38.8 Å². The summed E-state index contributed by atoms with van der Waals surface area (Å²) >= 11 is 0. The van der Waals surface area contributed by atoms with Gasteiger partial charge in [-0.1, -0.05) is 20.8 Å². The predicted molar refractivity (Wildman–Crippen MR) is 71.9 cm³/mol. The Kier molecular flexibility index (Phi) is 5.44. The van der Waals surface area contributed by atoms with Crippen LogP contribution in [0.4, 0.5) is 0 Å². The van der Waals surface area contributed by atoms with Gasteiger partial charge in [0.05, 0.1) is 5.41 Å². The molecule has 1 aliphatic heterocycles. The summed E-state index contributed by atoms with van der Waals surface area (Å²) in [4.78, 5) is 12.4. The molecular formula is C14H28N2O. The number of carbonyl (C=O) groups is 1. The number of carbonyl (C=O) groups excluding carboxylic acids is 1. The minimum absolute atomic E-state index is 0.115. The Hall–Kier alpha value is -0.570. The van der Waals surface area contributed by atoms with Crippen LogP contribution in [0.3, 0.4) is 0 Å². The summed E-state index contributed by atoms with van der Waals surface area (Å²) in [5.41, 5.74) is -0.115. The molecule has 3 nitrogen and oxygen atoms in total. The second-order valence-electron chi connectivity index (χ2n) is 5.89. The van der Waals surface area contributed by atoms with Crippen LogP contribution >= 0.6 is 0 Å². The molecule has 17 heavy (non-hydrogen) atoms. The Morgan fingerprint density at radius 3 is 2.35 bits per heavy atom. The number of hydrogen-bond donors (Lipinski definition) is 2. The van der Waals surface area contributed by atoms with Gasteiger partial charge in [0, 0.05) is 6.04 Å². The Labute approximate surface area is 106 Å². The molecule has 0 radical (unpaired) electrons. The van der Waals surface area contributed by atoms with E-state index in [0.29, 0.717) is 12.0 Å². The summed E-state index contributed by atoms with van der Waals surface area (Å²) in [6.45, 7) is 10.6. The van der Waals surface area contributed by atoms with E-state index in [1.807, 2.05) is 0 Å². The molecule has 0 aromatic rings. The second kappa shape index (κ2) is 6.39. The maximum Gasteiger partial charge on any atom is 0.226 e. The molecule has 0 aromatic carbocycles. The third-order valence-electron chi connectivity index (χ3n) is 3.92. The average molecular weight is 240 g/mol. The van der Waals surface area contributed by atoms with E-state index in [1.54, 1.807) is 0 Å². The van der Waals surface area contributed by atoms with Crippen molar-refractivity contribution < 1.29 is 4.79 Å². The Bertz CT molecular complexity index is 245. The van der Waals surface area contributed by atoms with Gasteiger partial charge in [0.2, 0.25) is 5.91 Å². The van der Waals surface area contributed by atoms with Crippen molar-refractivity contribution in [2.75, 3.05) is 13.1 Å². The van der Waals surface area contributed by atoms with Crippen molar-refractivity contribution in [1.29, 1.82) is 0 Å². The van der Waals surface area contributed by atoms with Crippen molar-refractivity contribution in [2.24, 2.45) is 11.3 Å². The highest BCUT2D eigenvalue weighted by molar-refractivity contribution is 5.83. The van der Waals surface area contributed by atoms with Crippen LogP contribution in [0, 0.1) is 11.3 Å². The Morgan fingerprint density at radius 1 is 1.29 bits per heavy atom. The van der Waals surface area contributed by atoms with Gasteiger partial charge in [-0.15, -0.1) is 0 Å². The zero-order valence-corrected chi connectivity index (χ0v) is 11.8. The highest BCUT2D eigenvalue weighted by Gasteiger charge is 2.37. The number of nitrogens with one attached hydrogen (secondary N) is 2. The molecule has 100 valence electrons. The van der Waals surface area contributed by atoms with Crippen LogP contribution in [0.5, 0.6) is 0 Å². The zero-order chi connectivity index (χ0) is 12.9. The lowest BCUT2D eigenvalue weighted by Gasteiger charge is -2.36. The van der Waals surface area contributed by atoms with Crippen molar-refractivity contribution in [2.45, 2.75) is 59.4 Å². The third kappa shape index (κ3) is 3.98. The number of amides is 1. The van der Waals surface area contributed by atoms with Crippen LogP contribution in [-0.4, -0.2) is 25.0 Å². The van der Waals surface area contributed by atoms with Gasteiger partial charge in [0.15, 0.2) is 0 Å². The van der Waals surface area contributed by atoms with Crippen molar-refractivity contribution in [3.05, 3.63) is 0 Å². The number of piperidine rings is 1. The molecule has 0 saturated carbocycles. The molecule has 0 spiro atoms. The van der Waals surface area contributed by atoms with Crippen molar-refractivity contribution in [3.8, 4) is 0 Å². The lowest BCUT2D eigenvalue weighted by Crippen LogP contribution is -2.49. The van der Waals surface area contributed by atoms with Crippen LogP contribution in [0.25, 0.3) is 0 Å². The largest absolute Gasteiger partial charge is 0.353 e. The molecule has 0 bridgehead atoms. The van der Waals surface area contributed by atoms with Crippen molar-refractivity contribution in [1.82, 2.24) is 10.6 Å². The van der Waals surface area contributed by atoms with Crippen LogP contribution in [0.2, 0.25) is 0 Å². The Morgan fingerprint density at radius 2 is 1.88 bits per heavy atom. The number of hydrogen-bond acceptors (Lipinski definition) is 2. The van der Waals surface area contributed by atoms with E-state index >= 15 is 0 Å². The summed E-state index contributed by atoms with van der Waals surface area (Å²) in [5, 5.41) is 6.54. The minimum Gasteiger partial charge on any atom is -0.353 e. The molecule has 1 aliphatic rings. The predicted octanol–water partition coefficient (Wildman–Crippen LogP) is 2.32. The molecular weight excluding hydrogens is 212 g/mol. The highest BCUT2D eigenvalue weighted by atomic mass is 16.2. The van der Waals surface area contributed by atoms with E-state index in [4.69, 9.17) is 0 Å². The summed E-state index contributed by atoms with van der Waals surface area (Å²) in [5.74, 6) is 0.908. The lowest BCUT2D eigenvalue weighted by molar-refractivity contribution is -0.133. The monoisotopic (exact) mass is 240 g/mol. The SMILES string of the molecule is CCC1(C(=O)NC(C)CC(C)C)CCNCC1. The molecule has 1 atom stereocenters. The molecule has 1 amide bonds. The van der Waals surface area contributed by atoms with E-state index in [-0.39, 0.29) is 11.3 Å². The van der Waals surface area contributed by atoms with Gasteiger partial charge >= 0.3 is 0 Å². The minimum atomic E-state index is -0.115. The summed E-state index contributed by atoms with van der Waals surface area (Å²) in [6.07, 6.45) is 3.96. The van der Waals surface area contributed by atoms with E-state index in [9.17, 15) is 4.79 Å². The molecule has 1 fully saturated rings. The normalized spacial score (nSPS) is 21.2. The fourth-order valence-corrected chi connectivity index (χ4v) is 2.79. The summed E-state index contributed by atoms with van der Waals surface area (Å²) in [7, 11) is 0. The molecule has 0 aromatic heterocycles. The average Bonchev–Trinajstić information content (AvgIpc) is 2.28. The van der Waals surface area contributed by atoms with E-state index in [2.05, 4.69) is 38.3 Å². The molecule has 1 heterocycles. The van der Waals surface area contributed by atoms with Gasteiger partial charge in [-0.3, -0.25) is 4.79 Å². The smallest absolute Gasteiger partial charge is 0.226 e. The quantitative estimate of drug-likeness (QED) is 0.774. The zero-order valence-electron chi connectivity index (χ0n) is 11.8. The first-order valence-electron chi connectivity index (χ1n) is 7.02. The van der Waals surface area contributed by atoms with E-state index in [1.165, 1.54) is 0 Å². The maximum atomic E-state index is 12.4. The topological polar surface area (TPSA) is 41.1 Å². The molecule has 3 heteroatoms. The second-order valence-corrected chi connectivity index (χ2v) is 5.89. The van der Waals surface area contributed by atoms with Crippen LogP contribution in [0.15, 0.2) is 0 Å². The molecule has 1 rings (SSSR count). The summed E-state index contributed by atoms with van der Waals surface area (Å²) < 4.78 is 0. The van der Waals surface area contributed by atoms with Gasteiger partial charge in [0.1, 0.15) is 0 Å². The first kappa shape index (κ1) is 14.5. The molecule has 1 saturated heterocycles. The molecule has 0 aliphatic carbocycles. The highest BCUT2D eigenvalue weighted by Crippen LogP contribution is 2.32. The molecule has 1 unspecified atom stereocenters. The van der Waals surface area contributed by atoms with Gasteiger partial charge in [-0.05, 0) is 51.6 Å². The van der Waals surface area contributed by atoms with Gasteiger partial charge in [-0.25, -0.2) is 0 Å². The molecule has 2 N–H and O–H groups in total. The number of rotatable bonds is 5. The van der Waals surface area contributed by atoms with E-state index < -0.39 is 0 Å². The lowest BCUT2D eigenvalue weighted by atomic mass is 9.75. The standard InChI is InChI=1S/C14H28N2O/c1-5-14(6-8-15-9-7-14)13(17)16-12(4)10-11(2)3/h11-12,15H,5-10H2,1-4H3,(H,16,17).